The summed E-state index contributed by atoms with van der Waals surface area (Å²) in [7, 11) is -5.22. The Morgan fingerprint density at radius 3 is 2.00 bits per heavy atom. The number of halogens is 3. The van der Waals surface area contributed by atoms with Crippen LogP contribution in [0.25, 0.3) is 0 Å². The van der Waals surface area contributed by atoms with Crippen molar-refractivity contribution in [3.63, 3.8) is 0 Å². The zero-order valence-electron chi connectivity index (χ0n) is 6.12. The molecule has 1 aromatic heterocycles. The van der Waals surface area contributed by atoms with Crippen LogP contribution in [0.15, 0.2) is 29.4 Å². The minimum absolute atomic E-state index is 0.794. The number of hydrogen-bond donors (Lipinski definition) is 0. The maximum absolute atomic E-state index is 11.9. The van der Waals surface area contributed by atoms with Gasteiger partial charge in [-0.05, 0) is 12.1 Å². The smallest absolute Gasteiger partial charge is 0.265 e. The third-order valence-electron chi connectivity index (χ3n) is 1.26. The molecule has 0 atom stereocenters. The Labute approximate surface area is 72.1 Å². The number of alkyl halides is 3. The van der Waals surface area contributed by atoms with Crippen LogP contribution in [-0.2, 0) is 9.84 Å². The van der Waals surface area contributed by atoms with E-state index in [1.165, 1.54) is 0 Å². The van der Waals surface area contributed by atoms with E-state index in [0.717, 1.165) is 24.5 Å². The third kappa shape index (κ3) is 1.80. The Bertz CT molecular complexity index is 384. The Morgan fingerprint density at radius 2 is 1.62 bits per heavy atom. The van der Waals surface area contributed by atoms with Gasteiger partial charge in [0.05, 0.1) is 4.90 Å². The van der Waals surface area contributed by atoms with Crippen LogP contribution in [0.1, 0.15) is 0 Å². The van der Waals surface area contributed by atoms with Crippen molar-refractivity contribution in [3.8, 4) is 0 Å². The lowest BCUT2D eigenvalue weighted by atomic mass is 10.5. The summed E-state index contributed by atoms with van der Waals surface area (Å²) in [4.78, 5) is 2.61. The fraction of sp³-hybridized carbons (Fsp3) is 0.167. The lowest BCUT2D eigenvalue weighted by Gasteiger charge is -2.06. The highest BCUT2D eigenvalue weighted by atomic mass is 32.2. The summed E-state index contributed by atoms with van der Waals surface area (Å²) in [5.74, 6) is 0. The van der Waals surface area contributed by atoms with E-state index in [-0.39, 0.29) is 0 Å². The molecule has 1 aromatic rings. The fourth-order valence-electron chi connectivity index (χ4n) is 0.651. The van der Waals surface area contributed by atoms with Gasteiger partial charge in [-0.1, -0.05) is 0 Å². The van der Waals surface area contributed by atoms with E-state index in [2.05, 4.69) is 4.98 Å². The van der Waals surface area contributed by atoms with Crippen molar-refractivity contribution in [2.24, 2.45) is 0 Å². The number of rotatable bonds is 1. The van der Waals surface area contributed by atoms with E-state index < -0.39 is 20.2 Å². The number of hydrogen-bond acceptors (Lipinski definition) is 3. The van der Waals surface area contributed by atoms with Crippen LogP contribution in [0.4, 0.5) is 13.2 Å². The first kappa shape index (κ1) is 9.97. The second kappa shape index (κ2) is 2.99. The van der Waals surface area contributed by atoms with Crippen LogP contribution in [0.2, 0.25) is 0 Å². The van der Waals surface area contributed by atoms with Gasteiger partial charge in [0.1, 0.15) is 0 Å². The van der Waals surface area contributed by atoms with Crippen LogP contribution in [0.5, 0.6) is 0 Å². The van der Waals surface area contributed by atoms with Gasteiger partial charge in [-0.3, -0.25) is 4.98 Å². The van der Waals surface area contributed by atoms with Gasteiger partial charge in [0.15, 0.2) is 0 Å². The molecule has 72 valence electrons. The highest BCUT2D eigenvalue weighted by Crippen LogP contribution is 2.29. The maximum Gasteiger partial charge on any atom is 0.501 e. The Kier molecular flexibility index (Phi) is 2.29. The topological polar surface area (TPSA) is 47.0 Å². The number of aromatic nitrogens is 1. The maximum atomic E-state index is 11.9. The molecule has 0 saturated carbocycles. The molecule has 0 aliphatic heterocycles. The molecular weight excluding hydrogens is 207 g/mol. The van der Waals surface area contributed by atoms with Crippen molar-refractivity contribution >= 4 is 9.84 Å². The van der Waals surface area contributed by atoms with Crippen LogP contribution in [0, 0.1) is 0 Å². The summed E-state index contributed by atoms with van der Waals surface area (Å²) < 4.78 is 57.1. The fourth-order valence-corrected chi connectivity index (χ4v) is 1.40. The van der Waals surface area contributed by atoms with Crippen LogP contribution >= 0.6 is 0 Å². The first-order valence-electron chi connectivity index (χ1n) is 3.07. The molecular formula is C6H4F3NO2S. The largest absolute Gasteiger partial charge is 0.501 e. The lowest BCUT2D eigenvalue weighted by molar-refractivity contribution is -0.0436. The normalized spacial score (nSPS) is 12.8. The van der Waals surface area contributed by atoms with Gasteiger partial charge in [-0.15, -0.1) is 0 Å². The van der Waals surface area contributed by atoms with Crippen molar-refractivity contribution < 1.29 is 21.6 Å². The van der Waals surface area contributed by atoms with Crippen molar-refractivity contribution in [2.45, 2.75) is 10.4 Å². The summed E-state index contributed by atoms with van der Waals surface area (Å²) in [5.41, 5.74) is -5.26. The summed E-state index contributed by atoms with van der Waals surface area (Å²) in [6.07, 6.45) is 1.97. The molecule has 0 aliphatic carbocycles. The summed E-state index contributed by atoms with van der Waals surface area (Å²) in [6, 6.07) is 1.59. The zero-order chi connectivity index (χ0) is 10.1. The van der Waals surface area contributed by atoms with Crippen molar-refractivity contribution in [3.05, 3.63) is 24.5 Å². The Hall–Kier alpha value is -1.11. The average molecular weight is 211 g/mol. The predicted octanol–water partition coefficient (Wildman–Crippen LogP) is 1.38. The van der Waals surface area contributed by atoms with Gasteiger partial charge < -0.3 is 0 Å². The molecule has 1 rings (SSSR count). The first-order valence-corrected chi connectivity index (χ1v) is 4.55. The van der Waals surface area contributed by atoms with Crippen molar-refractivity contribution in [1.29, 1.82) is 0 Å². The van der Waals surface area contributed by atoms with Crippen molar-refractivity contribution in [2.75, 3.05) is 0 Å². The highest BCUT2D eigenvalue weighted by molar-refractivity contribution is 7.92. The van der Waals surface area contributed by atoms with Crippen LogP contribution in [0.3, 0.4) is 0 Å². The molecule has 13 heavy (non-hydrogen) atoms. The standard InChI is InChI=1S/C6H4F3NO2S/c7-6(8,9)13(11,12)5-1-3-10-4-2-5/h1-4H. The second-order valence-corrected chi connectivity index (χ2v) is 4.07. The first-order chi connectivity index (χ1) is 5.86. The van der Waals surface area contributed by atoms with Crippen LogP contribution in [-0.4, -0.2) is 18.9 Å². The van der Waals surface area contributed by atoms with E-state index in [4.69, 9.17) is 0 Å². The van der Waals surface area contributed by atoms with Gasteiger partial charge in [0.2, 0.25) is 0 Å². The molecule has 0 bridgehead atoms. The average Bonchev–Trinajstić information content (AvgIpc) is 2.04. The van der Waals surface area contributed by atoms with E-state index in [9.17, 15) is 21.6 Å². The van der Waals surface area contributed by atoms with E-state index in [1.807, 2.05) is 0 Å². The van der Waals surface area contributed by atoms with Crippen LogP contribution < -0.4 is 0 Å². The number of sulfone groups is 1. The molecule has 0 fully saturated rings. The molecule has 0 aliphatic rings. The molecule has 0 saturated heterocycles. The monoisotopic (exact) mass is 211 g/mol. The van der Waals surface area contributed by atoms with E-state index >= 15 is 0 Å². The van der Waals surface area contributed by atoms with Gasteiger partial charge in [0, 0.05) is 12.4 Å². The molecule has 7 heteroatoms. The summed E-state index contributed by atoms with van der Waals surface area (Å²) in [6.45, 7) is 0. The Balaban J connectivity index is 3.26. The minimum atomic E-state index is -5.26. The predicted molar refractivity (Wildman–Crippen MR) is 37.5 cm³/mol. The molecule has 1 heterocycles. The zero-order valence-corrected chi connectivity index (χ0v) is 6.93. The quantitative estimate of drug-likeness (QED) is 0.704. The van der Waals surface area contributed by atoms with Gasteiger partial charge in [0.25, 0.3) is 9.84 Å². The second-order valence-electron chi connectivity index (χ2n) is 2.13. The lowest BCUT2D eigenvalue weighted by Crippen LogP contribution is -2.23. The SMILES string of the molecule is O=S(=O)(c1ccncc1)C(F)(F)F. The minimum Gasteiger partial charge on any atom is -0.265 e. The summed E-state index contributed by atoms with van der Waals surface area (Å²) in [5, 5.41) is 0. The van der Waals surface area contributed by atoms with E-state index in [0.29, 0.717) is 0 Å². The third-order valence-corrected chi connectivity index (χ3v) is 2.77. The van der Waals surface area contributed by atoms with Gasteiger partial charge in [-0.25, -0.2) is 8.42 Å². The molecule has 0 N–H and O–H groups in total. The van der Waals surface area contributed by atoms with E-state index in [1.54, 1.807) is 0 Å². The number of nitrogens with zero attached hydrogens (tertiary/aromatic N) is 1. The molecule has 3 nitrogen and oxygen atoms in total. The van der Waals surface area contributed by atoms with Gasteiger partial charge >= 0.3 is 5.51 Å². The molecule has 0 amide bonds. The summed E-state index contributed by atoms with van der Waals surface area (Å²) >= 11 is 0. The van der Waals surface area contributed by atoms with Crippen molar-refractivity contribution in [1.82, 2.24) is 4.98 Å². The molecule has 0 unspecified atom stereocenters. The Morgan fingerprint density at radius 1 is 1.15 bits per heavy atom. The number of pyridine rings is 1. The molecule has 0 spiro atoms. The molecule has 0 aromatic carbocycles. The molecule has 0 radical (unpaired) electrons. The highest BCUT2D eigenvalue weighted by Gasteiger charge is 2.46. The van der Waals surface area contributed by atoms with Gasteiger partial charge in [-0.2, -0.15) is 13.2 Å².